The van der Waals surface area contributed by atoms with E-state index in [0.717, 1.165) is 12.8 Å². The van der Waals surface area contributed by atoms with Crippen LogP contribution in [0.25, 0.3) is 11.0 Å². The highest BCUT2D eigenvalue weighted by Gasteiger charge is 2.63. The molecule has 190 valence electrons. The summed E-state index contributed by atoms with van der Waals surface area (Å²) in [5.41, 5.74) is -1.63. The molecule has 6 rings (SSSR count). The van der Waals surface area contributed by atoms with E-state index < -0.39 is 47.1 Å². The Kier molecular flexibility index (Phi) is 5.06. The van der Waals surface area contributed by atoms with Crippen molar-refractivity contribution in [2.75, 3.05) is 24.6 Å². The summed E-state index contributed by atoms with van der Waals surface area (Å²) in [6.07, 6.45) is 0.365. The highest BCUT2D eigenvalue weighted by atomic mass is 19.1. The van der Waals surface area contributed by atoms with E-state index >= 15 is 4.39 Å². The molecule has 0 radical (unpaired) electrons. The van der Waals surface area contributed by atoms with Crippen LogP contribution in [-0.4, -0.2) is 71.9 Å². The summed E-state index contributed by atoms with van der Waals surface area (Å²) < 4.78 is 27.3. The number of fused-ring (bicyclic) bond motifs is 5. The second kappa shape index (κ2) is 7.96. The van der Waals surface area contributed by atoms with E-state index in [1.54, 1.807) is 18.7 Å². The topological polar surface area (TPSA) is 143 Å². The molecule has 0 unspecified atom stereocenters. The summed E-state index contributed by atoms with van der Waals surface area (Å²) >= 11 is 0. The molecular formula is C23H24FN5O7. The highest BCUT2D eigenvalue weighted by Crippen LogP contribution is 2.49. The number of ether oxygens (including phenoxy) is 1. The third-order valence-electron chi connectivity index (χ3n) is 7.40. The lowest BCUT2D eigenvalue weighted by Gasteiger charge is -2.55. The van der Waals surface area contributed by atoms with Gasteiger partial charge in [0.1, 0.15) is 0 Å². The lowest BCUT2D eigenvalue weighted by atomic mass is 9.66. The molecule has 2 aromatic rings. The van der Waals surface area contributed by atoms with Crippen LogP contribution in [0.15, 0.2) is 10.6 Å². The van der Waals surface area contributed by atoms with E-state index in [1.807, 2.05) is 0 Å². The van der Waals surface area contributed by atoms with Gasteiger partial charge in [0.25, 0.3) is 5.91 Å². The lowest BCUT2D eigenvalue weighted by molar-refractivity contribution is -0.153. The summed E-state index contributed by atoms with van der Waals surface area (Å²) in [4.78, 5) is 58.6. The number of hydrogen-bond acceptors (Lipinski definition) is 9. The van der Waals surface area contributed by atoms with Crippen molar-refractivity contribution >= 4 is 40.4 Å². The van der Waals surface area contributed by atoms with Crippen LogP contribution < -0.4 is 15.5 Å². The Morgan fingerprint density at radius 2 is 1.94 bits per heavy atom. The first kappa shape index (κ1) is 22.9. The monoisotopic (exact) mass is 501 g/mol. The van der Waals surface area contributed by atoms with Crippen LogP contribution >= 0.6 is 0 Å². The molecule has 12 nitrogen and oxygen atoms in total. The van der Waals surface area contributed by atoms with Crippen LogP contribution in [0.5, 0.6) is 0 Å². The van der Waals surface area contributed by atoms with Gasteiger partial charge in [-0.2, -0.15) is 0 Å². The maximum absolute atomic E-state index is 16.1. The van der Waals surface area contributed by atoms with Crippen LogP contribution in [0.1, 0.15) is 42.7 Å². The fourth-order valence-electron chi connectivity index (χ4n) is 5.98. The van der Waals surface area contributed by atoms with Crippen molar-refractivity contribution in [1.82, 2.24) is 20.9 Å². The van der Waals surface area contributed by atoms with Crippen LogP contribution in [0.3, 0.4) is 0 Å². The Hall–Kier alpha value is -3.58. The minimum atomic E-state index is -1.77. The van der Waals surface area contributed by atoms with Crippen molar-refractivity contribution in [2.24, 2.45) is 5.41 Å². The zero-order valence-corrected chi connectivity index (χ0v) is 19.6. The smallest absolute Gasteiger partial charge is 0.328 e. The SMILES string of the molecule is C[C@@H]1CN2c3c(cc4c(C(=O)N5CCCCO5)noc4c3F)CC3(C(=O)NC(=O)NC3=O)[C@H]2[C@H](C)O1. The van der Waals surface area contributed by atoms with E-state index in [9.17, 15) is 19.2 Å². The second-order valence-corrected chi connectivity index (χ2v) is 9.69. The minimum absolute atomic E-state index is 0.112. The average Bonchev–Trinajstić information content (AvgIpc) is 3.26. The van der Waals surface area contributed by atoms with Gasteiger partial charge < -0.3 is 14.2 Å². The number of imide groups is 2. The molecule has 1 aromatic carbocycles. The largest absolute Gasteiger partial charge is 0.372 e. The van der Waals surface area contributed by atoms with Gasteiger partial charge >= 0.3 is 6.03 Å². The number of nitrogens with zero attached hydrogens (tertiary/aromatic N) is 3. The maximum Gasteiger partial charge on any atom is 0.328 e. The van der Waals surface area contributed by atoms with Crippen molar-refractivity contribution in [1.29, 1.82) is 0 Å². The lowest BCUT2D eigenvalue weighted by Crippen LogP contribution is -2.75. The predicted octanol–water partition coefficient (Wildman–Crippen LogP) is 1.03. The van der Waals surface area contributed by atoms with Crippen molar-refractivity contribution < 1.29 is 37.7 Å². The Labute approximate surface area is 204 Å². The van der Waals surface area contributed by atoms with Gasteiger partial charge in [-0.3, -0.25) is 29.9 Å². The summed E-state index contributed by atoms with van der Waals surface area (Å²) in [6.45, 7) is 4.44. The number of rotatable bonds is 1. The fourth-order valence-corrected chi connectivity index (χ4v) is 5.98. The molecule has 3 saturated heterocycles. The third kappa shape index (κ3) is 3.08. The van der Waals surface area contributed by atoms with Crippen LogP contribution in [-0.2, 0) is 25.6 Å². The number of aromatic nitrogens is 1. The number of carbonyl (C=O) groups is 4. The highest BCUT2D eigenvalue weighted by molar-refractivity contribution is 6.20. The number of morpholine rings is 1. The summed E-state index contributed by atoms with van der Waals surface area (Å²) in [5.74, 6) is -2.89. The van der Waals surface area contributed by atoms with Gasteiger partial charge in [-0.15, -0.1) is 0 Å². The molecule has 4 aliphatic heterocycles. The molecule has 0 saturated carbocycles. The number of hydrogen-bond donors (Lipinski definition) is 2. The molecule has 0 bridgehead atoms. The van der Waals surface area contributed by atoms with Crippen LogP contribution in [0, 0.1) is 11.2 Å². The number of amides is 5. The Balaban J connectivity index is 1.53. The third-order valence-corrected chi connectivity index (χ3v) is 7.40. The normalized spacial score (nSPS) is 27.5. The number of carbonyl (C=O) groups excluding carboxylic acids is 4. The Morgan fingerprint density at radius 3 is 2.64 bits per heavy atom. The molecule has 1 aromatic heterocycles. The fraction of sp³-hybridized carbons (Fsp3) is 0.522. The van der Waals surface area contributed by atoms with Gasteiger partial charge in [0.15, 0.2) is 16.9 Å². The van der Waals surface area contributed by atoms with E-state index in [0.29, 0.717) is 18.7 Å². The van der Waals surface area contributed by atoms with Gasteiger partial charge in [-0.05, 0) is 38.3 Å². The van der Waals surface area contributed by atoms with Crippen molar-refractivity contribution in [2.45, 2.75) is 51.4 Å². The van der Waals surface area contributed by atoms with E-state index in [1.165, 1.54) is 11.1 Å². The maximum atomic E-state index is 16.1. The van der Waals surface area contributed by atoms with Crippen molar-refractivity contribution in [3.63, 3.8) is 0 Å². The second-order valence-electron chi connectivity index (χ2n) is 9.69. The molecule has 1 spiro atoms. The summed E-state index contributed by atoms with van der Waals surface area (Å²) in [6, 6.07) is -0.283. The molecule has 2 N–H and O–H groups in total. The standard InChI is InChI=1S/C23H24FN5O7/c1-10-9-28-16-12(8-23(18(28)11(2)35-10)20(31)25-22(33)26-21(23)32)7-13-15(27-36-17(13)14(16)24)19(30)29-5-3-4-6-34-29/h7,10-11,18H,3-6,8-9H2,1-2H3,(H2,25,26,31,32,33)/t10-,11+,18-/m1/s1. The van der Waals surface area contributed by atoms with E-state index in [-0.39, 0.29) is 41.4 Å². The average molecular weight is 501 g/mol. The molecule has 5 heterocycles. The molecular weight excluding hydrogens is 477 g/mol. The van der Waals surface area contributed by atoms with Crippen molar-refractivity contribution in [3.8, 4) is 0 Å². The van der Waals surface area contributed by atoms with Gasteiger partial charge in [-0.1, -0.05) is 5.16 Å². The molecule has 13 heteroatoms. The zero-order chi connectivity index (χ0) is 25.4. The first-order chi connectivity index (χ1) is 17.2. The summed E-state index contributed by atoms with van der Waals surface area (Å²) in [7, 11) is 0. The predicted molar refractivity (Wildman–Crippen MR) is 119 cm³/mol. The molecule has 3 fully saturated rings. The molecule has 4 aliphatic rings. The number of benzene rings is 1. The number of halogens is 1. The molecule has 36 heavy (non-hydrogen) atoms. The van der Waals surface area contributed by atoms with Gasteiger partial charge in [0.05, 0.1) is 35.9 Å². The van der Waals surface area contributed by atoms with Crippen LogP contribution in [0.2, 0.25) is 0 Å². The van der Waals surface area contributed by atoms with Crippen LogP contribution in [0.4, 0.5) is 14.9 Å². The first-order valence-corrected chi connectivity index (χ1v) is 11.9. The van der Waals surface area contributed by atoms with Crippen molar-refractivity contribution in [3.05, 3.63) is 23.1 Å². The Bertz CT molecular complexity index is 1300. The van der Waals surface area contributed by atoms with Gasteiger partial charge in [0, 0.05) is 19.5 Å². The minimum Gasteiger partial charge on any atom is -0.372 e. The molecule has 0 aliphatic carbocycles. The first-order valence-electron chi connectivity index (χ1n) is 11.9. The number of barbiturate groups is 1. The number of hydroxylamine groups is 2. The number of urea groups is 1. The number of nitrogens with one attached hydrogen (secondary N) is 2. The van der Waals surface area contributed by atoms with Gasteiger partial charge in [-0.25, -0.2) is 14.2 Å². The quantitative estimate of drug-likeness (QED) is 0.548. The Morgan fingerprint density at radius 1 is 1.19 bits per heavy atom. The zero-order valence-electron chi connectivity index (χ0n) is 19.6. The molecule has 5 amide bonds. The number of anilines is 1. The van der Waals surface area contributed by atoms with E-state index in [4.69, 9.17) is 14.1 Å². The van der Waals surface area contributed by atoms with Gasteiger partial charge in [0.2, 0.25) is 17.4 Å². The summed E-state index contributed by atoms with van der Waals surface area (Å²) in [5, 5.41) is 9.52. The van der Waals surface area contributed by atoms with E-state index in [2.05, 4.69) is 15.8 Å². The molecule has 3 atom stereocenters.